The van der Waals surface area contributed by atoms with Gasteiger partial charge in [-0.25, -0.2) is 4.98 Å². The van der Waals surface area contributed by atoms with Gasteiger partial charge in [-0.15, -0.1) is 0 Å². The summed E-state index contributed by atoms with van der Waals surface area (Å²) in [4.78, 5) is 16.5. The highest BCUT2D eigenvalue weighted by molar-refractivity contribution is 7.10. The molecule has 2 fully saturated rings. The van der Waals surface area contributed by atoms with Crippen LogP contribution in [-0.2, 0) is 4.74 Å². The van der Waals surface area contributed by atoms with E-state index in [4.69, 9.17) is 14.7 Å². The van der Waals surface area contributed by atoms with Crippen LogP contribution < -0.4 is 10.6 Å². The molecule has 4 aromatic rings. The second kappa shape index (κ2) is 9.88. The second-order valence-electron chi connectivity index (χ2n) is 9.28. The third kappa shape index (κ3) is 4.86. The number of hydrogen-bond donors (Lipinski definition) is 2. The minimum atomic E-state index is 0.379. The van der Waals surface area contributed by atoms with E-state index in [0.717, 1.165) is 72.4 Å². The van der Waals surface area contributed by atoms with Crippen molar-refractivity contribution in [3.8, 4) is 5.69 Å². The van der Waals surface area contributed by atoms with Gasteiger partial charge in [0.25, 0.3) is 0 Å². The number of ether oxygens (including phenoxy) is 1. The average Bonchev–Trinajstić information content (AvgIpc) is 3.51. The zero-order valence-electron chi connectivity index (χ0n) is 19.9. The Morgan fingerprint density at radius 1 is 1.03 bits per heavy atom. The molecule has 1 aliphatic heterocycles. The molecule has 0 amide bonds. The van der Waals surface area contributed by atoms with Gasteiger partial charge in [-0.3, -0.25) is 9.88 Å². The van der Waals surface area contributed by atoms with Crippen LogP contribution in [0.1, 0.15) is 31.4 Å². The number of hydrogen-bond acceptors (Lipinski definition) is 9. The summed E-state index contributed by atoms with van der Waals surface area (Å²) in [7, 11) is 0. The van der Waals surface area contributed by atoms with Crippen molar-refractivity contribution in [2.75, 3.05) is 36.9 Å². The van der Waals surface area contributed by atoms with E-state index in [9.17, 15) is 0 Å². The summed E-state index contributed by atoms with van der Waals surface area (Å²) in [6.45, 7) is 5.82. The molecule has 0 bridgehead atoms. The van der Waals surface area contributed by atoms with Gasteiger partial charge in [-0.2, -0.15) is 9.36 Å². The van der Waals surface area contributed by atoms with Crippen LogP contribution in [0, 0.1) is 6.92 Å². The standard InChI is InChI=1S/C25H30N8OS/c1-17-16-22(35-31-17)29-25-28-21-8-11-33(20-6-9-26-10-7-20)23(21)24(30-25)27-18-2-4-19(5-3-18)32-12-14-34-15-13-32/h6-11,16,18-19H,2-5,12-15H2,1H3,(H2,27,28,29,30). The zero-order chi connectivity index (χ0) is 23.6. The van der Waals surface area contributed by atoms with Crippen LogP contribution in [0.5, 0.6) is 0 Å². The molecule has 1 aliphatic carbocycles. The van der Waals surface area contributed by atoms with Crippen molar-refractivity contribution in [1.82, 2.24) is 28.8 Å². The van der Waals surface area contributed by atoms with Crippen molar-refractivity contribution < 1.29 is 4.74 Å². The van der Waals surface area contributed by atoms with Crippen LogP contribution in [0.15, 0.2) is 42.9 Å². The molecule has 0 aromatic carbocycles. The Hall–Kier alpha value is -3.08. The maximum absolute atomic E-state index is 5.54. The van der Waals surface area contributed by atoms with E-state index in [1.807, 2.05) is 43.6 Å². The summed E-state index contributed by atoms with van der Waals surface area (Å²) in [5.41, 5.74) is 3.90. The van der Waals surface area contributed by atoms with Crippen LogP contribution in [0.2, 0.25) is 0 Å². The molecule has 6 rings (SSSR count). The SMILES string of the molecule is Cc1cc(Nc2nc(NC3CCC(N4CCOCC4)CC3)c3c(ccn3-c3ccncc3)n2)sn1. The molecule has 5 heterocycles. The molecule has 182 valence electrons. The lowest BCUT2D eigenvalue weighted by atomic mass is 9.90. The highest BCUT2D eigenvalue weighted by atomic mass is 32.1. The Morgan fingerprint density at radius 2 is 1.83 bits per heavy atom. The molecule has 35 heavy (non-hydrogen) atoms. The predicted octanol–water partition coefficient (Wildman–Crippen LogP) is 4.38. The van der Waals surface area contributed by atoms with Gasteiger partial charge in [0.1, 0.15) is 10.5 Å². The molecule has 9 nitrogen and oxygen atoms in total. The third-order valence-electron chi connectivity index (χ3n) is 6.94. The van der Waals surface area contributed by atoms with Crippen LogP contribution in [-0.4, -0.2) is 67.2 Å². The molecule has 4 aromatic heterocycles. The monoisotopic (exact) mass is 490 g/mol. The van der Waals surface area contributed by atoms with Crippen molar-refractivity contribution in [2.24, 2.45) is 0 Å². The van der Waals surface area contributed by atoms with Gasteiger partial charge in [0, 0.05) is 49.5 Å². The smallest absolute Gasteiger partial charge is 0.230 e. The Bertz CT molecular complexity index is 1280. The van der Waals surface area contributed by atoms with E-state index in [-0.39, 0.29) is 0 Å². The number of anilines is 3. The number of fused-ring (bicyclic) bond motifs is 1. The van der Waals surface area contributed by atoms with Gasteiger partial charge in [-0.1, -0.05) is 0 Å². The van der Waals surface area contributed by atoms with Crippen LogP contribution in [0.3, 0.4) is 0 Å². The normalized spacial score (nSPS) is 21.3. The number of nitrogens with zero attached hydrogens (tertiary/aromatic N) is 6. The van der Waals surface area contributed by atoms with E-state index < -0.39 is 0 Å². The molecule has 1 saturated carbocycles. The molecule has 2 aliphatic rings. The van der Waals surface area contributed by atoms with E-state index in [0.29, 0.717) is 18.0 Å². The summed E-state index contributed by atoms with van der Waals surface area (Å²) in [6.07, 6.45) is 10.3. The van der Waals surface area contributed by atoms with Crippen molar-refractivity contribution in [2.45, 2.75) is 44.7 Å². The predicted molar refractivity (Wildman–Crippen MR) is 139 cm³/mol. The summed E-state index contributed by atoms with van der Waals surface area (Å²) < 4.78 is 12.0. The maximum atomic E-state index is 5.54. The highest BCUT2D eigenvalue weighted by Crippen LogP contribution is 2.31. The Balaban J connectivity index is 1.28. The molecule has 0 atom stereocenters. The number of aryl methyl sites for hydroxylation is 1. The largest absolute Gasteiger partial charge is 0.379 e. The van der Waals surface area contributed by atoms with Crippen LogP contribution in [0.4, 0.5) is 16.8 Å². The number of aromatic nitrogens is 5. The average molecular weight is 491 g/mol. The van der Waals surface area contributed by atoms with E-state index in [1.165, 1.54) is 24.4 Å². The molecular formula is C25H30N8OS. The molecule has 0 unspecified atom stereocenters. The minimum absolute atomic E-state index is 0.379. The van der Waals surface area contributed by atoms with Crippen molar-refractivity contribution in [3.63, 3.8) is 0 Å². The number of morpholine rings is 1. The molecule has 0 spiro atoms. The van der Waals surface area contributed by atoms with Crippen molar-refractivity contribution >= 4 is 39.3 Å². The van der Waals surface area contributed by atoms with Crippen LogP contribution in [0.25, 0.3) is 16.7 Å². The Morgan fingerprint density at radius 3 is 2.57 bits per heavy atom. The molecule has 0 radical (unpaired) electrons. The zero-order valence-corrected chi connectivity index (χ0v) is 20.7. The lowest BCUT2D eigenvalue weighted by Gasteiger charge is -2.39. The highest BCUT2D eigenvalue weighted by Gasteiger charge is 2.28. The minimum Gasteiger partial charge on any atom is -0.379 e. The van der Waals surface area contributed by atoms with E-state index in [2.05, 4.69) is 35.7 Å². The van der Waals surface area contributed by atoms with E-state index in [1.54, 1.807) is 0 Å². The first-order valence-electron chi connectivity index (χ1n) is 12.3. The topological polar surface area (TPSA) is 93.0 Å². The second-order valence-corrected chi connectivity index (χ2v) is 10.1. The summed E-state index contributed by atoms with van der Waals surface area (Å²) in [6, 6.07) is 9.10. The fourth-order valence-electron chi connectivity index (χ4n) is 5.18. The quantitative estimate of drug-likeness (QED) is 0.411. The first-order chi connectivity index (χ1) is 17.2. The number of nitrogens with one attached hydrogen (secondary N) is 2. The first kappa shape index (κ1) is 22.4. The fraction of sp³-hybridized carbons (Fsp3) is 0.440. The van der Waals surface area contributed by atoms with Gasteiger partial charge in [0.2, 0.25) is 5.95 Å². The van der Waals surface area contributed by atoms with Crippen molar-refractivity contribution in [1.29, 1.82) is 0 Å². The van der Waals surface area contributed by atoms with Crippen LogP contribution >= 0.6 is 11.5 Å². The van der Waals surface area contributed by atoms with Crippen molar-refractivity contribution in [3.05, 3.63) is 48.5 Å². The van der Waals surface area contributed by atoms with Gasteiger partial charge >= 0.3 is 0 Å². The molecule has 1 saturated heterocycles. The lowest BCUT2D eigenvalue weighted by Crippen LogP contribution is -2.46. The van der Waals surface area contributed by atoms with Gasteiger partial charge in [0.05, 0.1) is 24.4 Å². The van der Waals surface area contributed by atoms with Gasteiger partial charge in [0.15, 0.2) is 5.82 Å². The van der Waals surface area contributed by atoms with E-state index >= 15 is 0 Å². The Labute approximate surface area is 208 Å². The third-order valence-corrected chi connectivity index (χ3v) is 7.73. The van der Waals surface area contributed by atoms with Gasteiger partial charge < -0.3 is 19.9 Å². The number of pyridine rings is 1. The maximum Gasteiger partial charge on any atom is 0.230 e. The number of rotatable bonds is 6. The first-order valence-corrected chi connectivity index (χ1v) is 13.1. The lowest BCUT2D eigenvalue weighted by molar-refractivity contribution is 0.00791. The molecule has 10 heteroatoms. The summed E-state index contributed by atoms with van der Waals surface area (Å²) in [5, 5.41) is 8.08. The fourth-order valence-corrected chi connectivity index (χ4v) is 5.83. The summed E-state index contributed by atoms with van der Waals surface area (Å²) in [5.74, 6) is 1.44. The molecule has 2 N–H and O–H groups in total. The van der Waals surface area contributed by atoms with Gasteiger partial charge in [-0.05, 0) is 68.4 Å². The Kier molecular flexibility index (Phi) is 6.32. The molecular weight excluding hydrogens is 460 g/mol. The summed E-state index contributed by atoms with van der Waals surface area (Å²) >= 11 is 1.42.